The molecule has 0 fully saturated rings. The van der Waals surface area contributed by atoms with Gasteiger partial charge in [0.15, 0.2) is 5.16 Å². The van der Waals surface area contributed by atoms with E-state index in [0.717, 1.165) is 18.2 Å². The van der Waals surface area contributed by atoms with Gasteiger partial charge in [-0.15, -0.1) is 0 Å². The minimum absolute atomic E-state index is 0.0573. The summed E-state index contributed by atoms with van der Waals surface area (Å²) in [6.07, 6.45) is 0.779. The molecule has 8 heteroatoms. The molecule has 0 unspecified atom stereocenters. The number of nitrogens with two attached hydrogens (primary N) is 1. The number of amides is 2. The number of benzene rings is 1. The zero-order valence-corrected chi connectivity index (χ0v) is 13.6. The van der Waals surface area contributed by atoms with Gasteiger partial charge in [0.1, 0.15) is 0 Å². The smallest absolute Gasteiger partial charge is 0.262 e. The van der Waals surface area contributed by atoms with Crippen molar-refractivity contribution in [2.24, 2.45) is 5.73 Å². The van der Waals surface area contributed by atoms with Crippen LogP contribution in [0.5, 0.6) is 0 Å². The van der Waals surface area contributed by atoms with E-state index in [2.05, 4.69) is 10.3 Å². The van der Waals surface area contributed by atoms with E-state index in [4.69, 9.17) is 5.73 Å². The fourth-order valence-corrected chi connectivity index (χ4v) is 2.90. The van der Waals surface area contributed by atoms with Crippen LogP contribution in [0.1, 0.15) is 13.3 Å². The molecule has 3 N–H and O–H groups in total. The van der Waals surface area contributed by atoms with E-state index in [1.807, 2.05) is 13.0 Å². The molecule has 122 valence electrons. The van der Waals surface area contributed by atoms with Crippen LogP contribution >= 0.6 is 11.8 Å². The third-order valence-electron chi connectivity index (χ3n) is 3.07. The number of nitrogens with zero attached hydrogens (tertiary/aromatic N) is 2. The number of rotatable bonds is 7. The predicted molar refractivity (Wildman–Crippen MR) is 89.2 cm³/mol. The second kappa shape index (κ2) is 7.77. The predicted octanol–water partition coefficient (Wildman–Crippen LogP) is 0.500. The van der Waals surface area contributed by atoms with Crippen molar-refractivity contribution in [1.82, 2.24) is 14.9 Å². The minimum Gasteiger partial charge on any atom is -0.368 e. The average Bonchev–Trinajstić information content (AvgIpc) is 2.54. The van der Waals surface area contributed by atoms with Gasteiger partial charge < -0.3 is 11.1 Å². The SMILES string of the molecule is CCCn1c(SCC(=O)NCC(N)=O)nc2ccccc2c1=O. The average molecular weight is 334 g/mol. The van der Waals surface area contributed by atoms with Gasteiger partial charge in [-0.05, 0) is 18.6 Å². The Hall–Kier alpha value is -2.35. The number of hydrogen-bond donors (Lipinski definition) is 2. The number of hydrogen-bond acceptors (Lipinski definition) is 5. The number of primary amides is 1. The lowest BCUT2D eigenvalue weighted by atomic mass is 10.2. The van der Waals surface area contributed by atoms with Gasteiger partial charge in [0.2, 0.25) is 11.8 Å². The fourth-order valence-electron chi connectivity index (χ4n) is 2.05. The first-order valence-corrected chi connectivity index (χ1v) is 8.19. The van der Waals surface area contributed by atoms with Crippen LogP contribution in [0.3, 0.4) is 0 Å². The number of para-hydroxylation sites is 1. The lowest BCUT2D eigenvalue weighted by Crippen LogP contribution is -2.34. The fraction of sp³-hybridized carbons (Fsp3) is 0.333. The standard InChI is InChI=1S/C15H18N4O3S/c1-2-7-19-14(22)10-5-3-4-6-11(10)18-15(19)23-9-13(21)17-8-12(16)20/h3-6H,2,7-9H2,1H3,(H2,16,20)(H,17,21). The Kier molecular flexibility index (Phi) is 5.75. The van der Waals surface area contributed by atoms with Crippen molar-refractivity contribution in [3.63, 3.8) is 0 Å². The number of fused-ring (bicyclic) bond motifs is 1. The molecule has 7 nitrogen and oxygen atoms in total. The summed E-state index contributed by atoms with van der Waals surface area (Å²) < 4.78 is 1.58. The van der Waals surface area contributed by atoms with Gasteiger partial charge in [-0.2, -0.15) is 0 Å². The highest BCUT2D eigenvalue weighted by Crippen LogP contribution is 2.17. The Balaban J connectivity index is 2.24. The van der Waals surface area contributed by atoms with Gasteiger partial charge >= 0.3 is 0 Å². The van der Waals surface area contributed by atoms with E-state index < -0.39 is 5.91 Å². The summed E-state index contributed by atoms with van der Waals surface area (Å²) in [5, 5.41) is 3.46. The lowest BCUT2D eigenvalue weighted by Gasteiger charge is -2.12. The normalized spacial score (nSPS) is 10.7. The van der Waals surface area contributed by atoms with Crippen LogP contribution in [0.4, 0.5) is 0 Å². The second-order valence-corrected chi connectivity index (χ2v) is 5.84. The summed E-state index contributed by atoms with van der Waals surface area (Å²) in [6, 6.07) is 7.12. The number of nitrogens with one attached hydrogen (secondary N) is 1. The molecule has 0 aliphatic carbocycles. The van der Waals surface area contributed by atoms with Crippen molar-refractivity contribution < 1.29 is 9.59 Å². The highest BCUT2D eigenvalue weighted by molar-refractivity contribution is 7.99. The summed E-state index contributed by atoms with van der Waals surface area (Å²) >= 11 is 1.16. The molecule has 2 amide bonds. The van der Waals surface area contributed by atoms with Crippen molar-refractivity contribution >= 4 is 34.5 Å². The topological polar surface area (TPSA) is 107 Å². The molecule has 0 aliphatic rings. The number of aromatic nitrogens is 2. The van der Waals surface area contributed by atoms with E-state index in [1.165, 1.54) is 0 Å². The maximum atomic E-state index is 12.5. The van der Waals surface area contributed by atoms with Crippen LogP contribution in [0, 0.1) is 0 Å². The summed E-state index contributed by atoms with van der Waals surface area (Å²) in [5.74, 6) is -0.878. The molecule has 1 aromatic carbocycles. The molecule has 2 rings (SSSR count). The summed E-state index contributed by atoms with van der Waals surface area (Å²) in [5.41, 5.74) is 5.46. The van der Waals surface area contributed by atoms with Crippen LogP contribution in [0.15, 0.2) is 34.2 Å². The maximum absolute atomic E-state index is 12.5. The second-order valence-electron chi connectivity index (χ2n) is 4.90. The van der Waals surface area contributed by atoms with Gasteiger partial charge in [-0.3, -0.25) is 19.0 Å². The molecule has 0 aliphatic heterocycles. The molecule has 0 spiro atoms. The molecule has 0 atom stereocenters. The first-order valence-electron chi connectivity index (χ1n) is 7.20. The Morgan fingerprint density at radius 2 is 2.09 bits per heavy atom. The minimum atomic E-state index is -0.602. The van der Waals surface area contributed by atoms with Crippen molar-refractivity contribution in [1.29, 1.82) is 0 Å². The summed E-state index contributed by atoms with van der Waals surface area (Å²) in [6.45, 7) is 2.30. The van der Waals surface area contributed by atoms with E-state index in [0.29, 0.717) is 22.6 Å². The molecule has 0 saturated carbocycles. The highest BCUT2D eigenvalue weighted by atomic mass is 32.2. The highest BCUT2D eigenvalue weighted by Gasteiger charge is 2.12. The van der Waals surface area contributed by atoms with Gasteiger partial charge in [0, 0.05) is 6.54 Å². The third kappa shape index (κ3) is 4.32. The molecule has 23 heavy (non-hydrogen) atoms. The van der Waals surface area contributed by atoms with Crippen LogP contribution in [0.2, 0.25) is 0 Å². The monoisotopic (exact) mass is 334 g/mol. The first-order chi connectivity index (χ1) is 11.0. The Morgan fingerprint density at radius 3 is 2.78 bits per heavy atom. The van der Waals surface area contributed by atoms with E-state index in [-0.39, 0.29) is 23.8 Å². The van der Waals surface area contributed by atoms with Crippen LogP contribution in [0.25, 0.3) is 10.9 Å². The molecule has 2 aromatic rings. The van der Waals surface area contributed by atoms with Crippen LogP contribution < -0.4 is 16.6 Å². The summed E-state index contributed by atoms with van der Waals surface area (Å²) in [4.78, 5) is 39.4. The van der Waals surface area contributed by atoms with E-state index in [9.17, 15) is 14.4 Å². The molecule has 1 heterocycles. The molecular formula is C15H18N4O3S. The molecule has 0 bridgehead atoms. The molecule has 0 radical (unpaired) electrons. The third-order valence-corrected chi connectivity index (χ3v) is 4.04. The quantitative estimate of drug-likeness (QED) is 0.566. The number of thioether (sulfide) groups is 1. The van der Waals surface area contributed by atoms with Gasteiger partial charge in [-0.1, -0.05) is 30.8 Å². The number of carbonyl (C=O) groups is 2. The Morgan fingerprint density at radius 1 is 1.35 bits per heavy atom. The molecule has 0 saturated heterocycles. The zero-order chi connectivity index (χ0) is 16.8. The van der Waals surface area contributed by atoms with Crippen molar-refractivity contribution in [2.75, 3.05) is 12.3 Å². The largest absolute Gasteiger partial charge is 0.368 e. The summed E-state index contributed by atoms with van der Waals surface area (Å²) in [7, 11) is 0. The van der Waals surface area contributed by atoms with Crippen molar-refractivity contribution in [3.8, 4) is 0 Å². The zero-order valence-electron chi connectivity index (χ0n) is 12.7. The first kappa shape index (κ1) is 17.0. The Labute approximate surface area is 137 Å². The van der Waals surface area contributed by atoms with E-state index >= 15 is 0 Å². The van der Waals surface area contributed by atoms with Gasteiger partial charge in [0.25, 0.3) is 5.56 Å². The maximum Gasteiger partial charge on any atom is 0.262 e. The van der Waals surface area contributed by atoms with Crippen LogP contribution in [-0.2, 0) is 16.1 Å². The van der Waals surface area contributed by atoms with Gasteiger partial charge in [0.05, 0.1) is 23.2 Å². The Bertz CT molecular complexity index is 788. The number of carbonyl (C=O) groups excluding carboxylic acids is 2. The van der Waals surface area contributed by atoms with Crippen LogP contribution in [-0.4, -0.2) is 33.7 Å². The lowest BCUT2D eigenvalue weighted by molar-refractivity contribution is -0.123. The van der Waals surface area contributed by atoms with Gasteiger partial charge in [-0.25, -0.2) is 4.98 Å². The van der Waals surface area contributed by atoms with E-state index in [1.54, 1.807) is 22.8 Å². The molecular weight excluding hydrogens is 316 g/mol. The van der Waals surface area contributed by atoms with Crippen molar-refractivity contribution in [2.45, 2.75) is 25.0 Å². The molecule has 1 aromatic heterocycles. The van der Waals surface area contributed by atoms with Crippen molar-refractivity contribution in [3.05, 3.63) is 34.6 Å².